The average Bonchev–Trinajstić information content (AvgIpc) is 1.83. The molecule has 8 heavy (non-hydrogen) atoms. The zero-order valence-electron chi connectivity index (χ0n) is 5.44. The Hall–Kier alpha value is -0.770. The molecule has 0 N–H and O–H groups in total. The number of hydrogen-bond acceptors (Lipinski definition) is 1. The first kappa shape index (κ1) is 7.23. The minimum Gasteiger partial charge on any atom is -0.198 e. The first-order valence-electron chi connectivity index (χ1n) is 2.86. The van der Waals surface area contributed by atoms with Crippen LogP contribution < -0.4 is 0 Å². The average molecular weight is 109 g/mol. The molecule has 0 rings (SSSR count). The van der Waals surface area contributed by atoms with Crippen LogP contribution in [0, 0.1) is 11.3 Å². The Bertz CT molecular complexity index is 117. The van der Waals surface area contributed by atoms with Crippen LogP contribution in [0.5, 0.6) is 0 Å². The van der Waals surface area contributed by atoms with Gasteiger partial charge in [0.05, 0.1) is 12.5 Å². The van der Waals surface area contributed by atoms with Gasteiger partial charge in [-0.15, -0.1) is 0 Å². The second-order valence-corrected chi connectivity index (χ2v) is 1.64. The Morgan fingerprint density at radius 2 is 2.38 bits per heavy atom. The molecule has 0 atom stereocenters. The van der Waals surface area contributed by atoms with E-state index < -0.39 is 0 Å². The second kappa shape index (κ2) is 4.39. The third-order valence-corrected chi connectivity index (χ3v) is 1.17. The quantitative estimate of drug-likeness (QED) is 0.499. The first-order valence-corrected chi connectivity index (χ1v) is 2.86. The van der Waals surface area contributed by atoms with Crippen LogP contribution in [0.1, 0.15) is 26.7 Å². The minimum absolute atomic E-state index is 0.590. The lowest BCUT2D eigenvalue weighted by molar-refractivity contribution is 1.03. The molecule has 0 saturated heterocycles. The number of nitriles is 1. The summed E-state index contributed by atoms with van der Waals surface area (Å²) in [7, 11) is 0. The standard InChI is InChI=1S/C7H11N/c1-3-7(4-2)5-6-8/h3H,4-5H2,1-2H3/b7-3-. The second-order valence-electron chi connectivity index (χ2n) is 1.64. The molecule has 0 aromatic rings. The maximum absolute atomic E-state index is 8.21. The fraction of sp³-hybridized carbons (Fsp3) is 0.571. The van der Waals surface area contributed by atoms with Gasteiger partial charge in [0.15, 0.2) is 0 Å². The number of rotatable bonds is 2. The molecule has 0 aliphatic heterocycles. The van der Waals surface area contributed by atoms with Crippen LogP contribution in [0.15, 0.2) is 11.6 Å². The number of nitrogens with zero attached hydrogens (tertiary/aromatic N) is 1. The lowest BCUT2D eigenvalue weighted by Gasteiger charge is -1.91. The summed E-state index contributed by atoms with van der Waals surface area (Å²) in [6.07, 6.45) is 3.60. The highest BCUT2D eigenvalue weighted by Gasteiger charge is 1.86. The van der Waals surface area contributed by atoms with Gasteiger partial charge in [0.1, 0.15) is 0 Å². The predicted octanol–water partition coefficient (Wildman–Crippen LogP) is 2.26. The van der Waals surface area contributed by atoms with Gasteiger partial charge in [0.25, 0.3) is 0 Å². The monoisotopic (exact) mass is 109 g/mol. The highest BCUT2D eigenvalue weighted by Crippen LogP contribution is 2.02. The Kier molecular flexibility index (Phi) is 3.97. The predicted molar refractivity (Wildman–Crippen MR) is 34.3 cm³/mol. The van der Waals surface area contributed by atoms with E-state index in [4.69, 9.17) is 5.26 Å². The van der Waals surface area contributed by atoms with E-state index in [1.54, 1.807) is 0 Å². The van der Waals surface area contributed by atoms with Gasteiger partial charge in [0.2, 0.25) is 0 Å². The van der Waals surface area contributed by atoms with Crippen molar-refractivity contribution in [2.45, 2.75) is 26.7 Å². The molecule has 0 amide bonds. The normalized spacial score (nSPS) is 10.9. The van der Waals surface area contributed by atoms with Crippen LogP contribution in [0.2, 0.25) is 0 Å². The SMILES string of the molecule is C/C=C(/CC)CC#N. The van der Waals surface area contributed by atoms with Gasteiger partial charge >= 0.3 is 0 Å². The van der Waals surface area contributed by atoms with E-state index in [1.165, 1.54) is 5.57 Å². The summed E-state index contributed by atoms with van der Waals surface area (Å²) in [5.41, 5.74) is 1.23. The van der Waals surface area contributed by atoms with Gasteiger partial charge in [0, 0.05) is 0 Å². The minimum atomic E-state index is 0.590. The number of hydrogen-bond donors (Lipinski definition) is 0. The van der Waals surface area contributed by atoms with Crippen molar-refractivity contribution in [3.05, 3.63) is 11.6 Å². The summed E-state index contributed by atoms with van der Waals surface area (Å²) in [5.74, 6) is 0. The van der Waals surface area contributed by atoms with Crippen LogP contribution >= 0.6 is 0 Å². The van der Waals surface area contributed by atoms with Crippen molar-refractivity contribution in [1.82, 2.24) is 0 Å². The van der Waals surface area contributed by atoms with E-state index in [2.05, 4.69) is 13.0 Å². The van der Waals surface area contributed by atoms with Crippen molar-refractivity contribution in [2.75, 3.05) is 0 Å². The summed E-state index contributed by atoms with van der Waals surface area (Å²) in [5, 5.41) is 8.21. The fourth-order valence-electron chi connectivity index (χ4n) is 0.533. The first-order chi connectivity index (χ1) is 3.85. The molecule has 0 fully saturated rings. The summed E-state index contributed by atoms with van der Waals surface area (Å²) in [6.45, 7) is 4.03. The topological polar surface area (TPSA) is 23.8 Å². The number of allylic oxidation sites excluding steroid dienone is 2. The Labute approximate surface area is 50.6 Å². The van der Waals surface area contributed by atoms with Gasteiger partial charge in [-0.3, -0.25) is 0 Å². The molecule has 0 aliphatic rings. The largest absolute Gasteiger partial charge is 0.198 e. The molecular weight excluding hydrogens is 98.1 g/mol. The highest BCUT2D eigenvalue weighted by atomic mass is 14.2. The molecule has 0 spiro atoms. The Balaban J connectivity index is 3.59. The maximum atomic E-state index is 8.21. The molecular formula is C7H11N. The highest BCUT2D eigenvalue weighted by molar-refractivity contribution is 5.05. The molecule has 1 heteroatoms. The summed E-state index contributed by atoms with van der Waals surface area (Å²) in [6, 6.07) is 2.10. The van der Waals surface area contributed by atoms with Crippen molar-refractivity contribution in [2.24, 2.45) is 0 Å². The lowest BCUT2D eigenvalue weighted by Crippen LogP contribution is -1.74. The molecule has 0 unspecified atom stereocenters. The zero-order chi connectivity index (χ0) is 6.41. The molecule has 0 bridgehead atoms. The Morgan fingerprint density at radius 1 is 1.75 bits per heavy atom. The van der Waals surface area contributed by atoms with Crippen molar-refractivity contribution in [3.63, 3.8) is 0 Å². The fourth-order valence-corrected chi connectivity index (χ4v) is 0.533. The van der Waals surface area contributed by atoms with Crippen molar-refractivity contribution in [1.29, 1.82) is 5.26 Å². The van der Waals surface area contributed by atoms with E-state index in [9.17, 15) is 0 Å². The van der Waals surface area contributed by atoms with Crippen LogP contribution in [0.25, 0.3) is 0 Å². The molecule has 0 radical (unpaired) electrons. The molecule has 0 aliphatic carbocycles. The van der Waals surface area contributed by atoms with Crippen molar-refractivity contribution >= 4 is 0 Å². The summed E-state index contributed by atoms with van der Waals surface area (Å²) >= 11 is 0. The van der Waals surface area contributed by atoms with Gasteiger partial charge < -0.3 is 0 Å². The molecule has 1 nitrogen and oxygen atoms in total. The summed E-state index contributed by atoms with van der Waals surface area (Å²) in [4.78, 5) is 0. The van der Waals surface area contributed by atoms with Gasteiger partial charge in [-0.2, -0.15) is 5.26 Å². The van der Waals surface area contributed by atoms with Crippen LogP contribution in [-0.4, -0.2) is 0 Å². The van der Waals surface area contributed by atoms with Crippen LogP contribution in [0.3, 0.4) is 0 Å². The van der Waals surface area contributed by atoms with Gasteiger partial charge in [-0.05, 0) is 13.3 Å². The van der Waals surface area contributed by atoms with Gasteiger partial charge in [-0.1, -0.05) is 18.6 Å². The van der Waals surface area contributed by atoms with Crippen molar-refractivity contribution < 1.29 is 0 Å². The molecule has 44 valence electrons. The third kappa shape index (κ3) is 2.41. The maximum Gasteiger partial charge on any atom is 0.0666 e. The van der Waals surface area contributed by atoms with E-state index in [0.29, 0.717) is 6.42 Å². The van der Waals surface area contributed by atoms with Crippen LogP contribution in [-0.2, 0) is 0 Å². The van der Waals surface area contributed by atoms with Gasteiger partial charge in [-0.25, -0.2) is 0 Å². The van der Waals surface area contributed by atoms with Crippen molar-refractivity contribution in [3.8, 4) is 6.07 Å². The van der Waals surface area contributed by atoms with E-state index in [0.717, 1.165) is 6.42 Å². The molecule has 0 saturated carbocycles. The van der Waals surface area contributed by atoms with E-state index in [-0.39, 0.29) is 0 Å². The lowest BCUT2D eigenvalue weighted by atomic mass is 10.1. The molecule has 0 aromatic heterocycles. The zero-order valence-corrected chi connectivity index (χ0v) is 5.44. The molecule has 0 heterocycles. The van der Waals surface area contributed by atoms with Crippen LogP contribution in [0.4, 0.5) is 0 Å². The van der Waals surface area contributed by atoms with E-state index >= 15 is 0 Å². The Morgan fingerprint density at radius 3 is 2.50 bits per heavy atom. The third-order valence-electron chi connectivity index (χ3n) is 1.17. The summed E-state index contributed by atoms with van der Waals surface area (Å²) < 4.78 is 0. The smallest absolute Gasteiger partial charge is 0.0666 e. The van der Waals surface area contributed by atoms with E-state index in [1.807, 2.05) is 13.0 Å². The molecule has 0 aromatic carbocycles.